The predicted molar refractivity (Wildman–Crippen MR) is 155 cm³/mol. The van der Waals surface area contributed by atoms with Crippen molar-refractivity contribution >= 4 is 34.9 Å². The van der Waals surface area contributed by atoms with Gasteiger partial charge in [-0.25, -0.2) is 24.0 Å². The number of aromatic nitrogens is 5. The molecule has 42 heavy (non-hydrogen) atoms. The average Bonchev–Trinajstić information content (AvgIpc) is 3.64. The summed E-state index contributed by atoms with van der Waals surface area (Å²) in [5.74, 6) is 0.0471. The second-order valence-electron chi connectivity index (χ2n) is 10.1. The molecule has 1 saturated heterocycles. The van der Waals surface area contributed by atoms with Crippen LogP contribution in [-0.4, -0.2) is 57.1 Å². The first-order valence-electron chi connectivity index (χ1n) is 13.3. The van der Waals surface area contributed by atoms with Gasteiger partial charge in [-0.3, -0.25) is 9.59 Å². The number of benzene rings is 2. The van der Waals surface area contributed by atoms with Gasteiger partial charge in [0.15, 0.2) is 11.9 Å². The number of primary amides is 1. The fourth-order valence-corrected chi connectivity index (χ4v) is 5.46. The number of pyridine rings is 1. The first-order valence-corrected chi connectivity index (χ1v) is 13.3. The summed E-state index contributed by atoms with van der Waals surface area (Å²) in [7, 11) is 1.42. The fourth-order valence-electron chi connectivity index (χ4n) is 5.46. The quantitative estimate of drug-likeness (QED) is 0.268. The molecule has 5 aromatic rings. The van der Waals surface area contributed by atoms with Gasteiger partial charge in [0.05, 0.1) is 24.1 Å². The lowest BCUT2D eigenvalue weighted by Crippen LogP contribution is -2.22. The molecule has 0 aliphatic carbocycles. The molecule has 1 fully saturated rings. The minimum absolute atomic E-state index is 0.00385. The van der Waals surface area contributed by atoms with Crippen LogP contribution in [0.4, 0.5) is 16.0 Å². The Bertz CT molecular complexity index is 1800. The summed E-state index contributed by atoms with van der Waals surface area (Å²) in [6, 6.07) is 13.6. The molecule has 1 amide bonds. The molecule has 4 heterocycles. The van der Waals surface area contributed by atoms with Gasteiger partial charge < -0.3 is 21.1 Å². The standard InChI is InChI=1S/C30H27FN8O3/c1-42-27-20(11-21(31)12-23(27)29(33)41)10-17-2-5-19(6-3-17)26-25-28(32)35-16-36-30(25)39(37-26)22-8-9-38(14-22)24-7-4-18(15-40)13-34-24/h2-7,11-13,15-16,22H,8-10,14H2,1H3,(H2,33,41)(H2,32,35,36). The number of nitrogens with zero attached hydrogens (tertiary/aromatic N) is 6. The van der Waals surface area contributed by atoms with Crippen molar-refractivity contribution in [2.45, 2.75) is 18.9 Å². The Hall–Kier alpha value is -5.39. The number of amides is 1. The number of rotatable bonds is 8. The number of anilines is 2. The Morgan fingerprint density at radius 1 is 1.14 bits per heavy atom. The van der Waals surface area contributed by atoms with Crippen LogP contribution in [0, 0.1) is 5.82 Å². The maximum atomic E-state index is 14.2. The van der Waals surface area contributed by atoms with Gasteiger partial charge in [0.1, 0.15) is 35.2 Å². The smallest absolute Gasteiger partial charge is 0.252 e. The molecule has 6 rings (SSSR count). The summed E-state index contributed by atoms with van der Waals surface area (Å²) in [6.45, 7) is 1.43. The molecular formula is C30H27FN8O3. The SMILES string of the molecule is COc1c(Cc2ccc(-c3nn(C4CCN(c5ccc(C=O)cn5)C4)c4ncnc(N)c34)cc2)cc(F)cc1C(N)=O. The predicted octanol–water partition coefficient (Wildman–Crippen LogP) is 3.57. The van der Waals surface area contributed by atoms with Crippen LogP contribution in [0.25, 0.3) is 22.3 Å². The van der Waals surface area contributed by atoms with Gasteiger partial charge in [0.25, 0.3) is 5.91 Å². The number of nitrogens with two attached hydrogens (primary N) is 2. The van der Waals surface area contributed by atoms with Crippen molar-refractivity contribution in [3.05, 3.63) is 89.1 Å². The Morgan fingerprint density at radius 3 is 2.64 bits per heavy atom. The highest BCUT2D eigenvalue weighted by Crippen LogP contribution is 2.35. The summed E-state index contributed by atoms with van der Waals surface area (Å²) in [6.07, 6.45) is 4.91. The van der Waals surface area contributed by atoms with E-state index in [-0.39, 0.29) is 17.4 Å². The second-order valence-corrected chi connectivity index (χ2v) is 10.1. The molecule has 212 valence electrons. The zero-order valence-electron chi connectivity index (χ0n) is 22.7. The molecule has 1 atom stereocenters. The largest absolute Gasteiger partial charge is 0.496 e. The van der Waals surface area contributed by atoms with Crippen molar-refractivity contribution in [3.8, 4) is 17.0 Å². The highest BCUT2D eigenvalue weighted by Gasteiger charge is 2.29. The van der Waals surface area contributed by atoms with Gasteiger partial charge in [0.2, 0.25) is 0 Å². The van der Waals surface area contributed by atoms with Crippen LogP contribution in [-0.2, 0) is 6.42 Å². The van der Waals surface area contributed by atoms with E-state index in [2.05, 4.69) is 19.9 Å². The van der Waals surface area contributed by atoms with Crippen LogP contribution in [0.2, 0.25) is 0 Å². The van der Waals surface area contributed by atoms with Crippen LogP contribution < -0.4 is 21.1 Å². The lowest BCUT2D eigenvalue weighted by atomic mass is 9.99. The normalized spacial score (nSPS) is 14.8. The maximum absolute atomic E-state index is 14.2. The molecule has 1 unspecified atom stereocenters. The molecule has 0 bridgehead atoms. The lowest BCUT2D eigenvalue weighted by Gasteiger charge is -2.17. The van der Waals surface area contributed by atoms with E-state index in [0.29, 0.717) is 46.6 Å². The topological polar surface area (TPSA) is 155 Å². The average molecular weight is 567 g/mol. The fraction of sp³-hybridized carbons (Fsp3) is 0.200. The third kappa shape index (κ3) is 4.87. The third-order valence-corrected chi connectivity index (χ3v) is 7.48. The first-order chi connectivity index (χ1) is 20.4. The van der Waals surface area contributed by atoms with E-state index >= 15 is 0 Å². The van der Waals surface area contributed by atoms with Crippen molar-refractivity contribution in [1.82, 2.24) is 24.7 Å². The molecule has 0 saturated carbocycles. The van der Waals surface area contributed by atoms with E-state index < -0.39 is 11.7 Å². The Labute approximate surface area is 240 Å². The molecule has 12 heteroatoms. The second kappa shape index (κ2) is 10.9. The van der Waals surface area contributed by atoms with Gasteiger partial charge >= 0.3 is 0 Å². The van der Waals surface area contributed by atoms with Gasteiger partial charge in [0, 0.05) is 42.4 Å². The minimum Gasteiger partial charge on any atom is -0.496 e. The molecule has 0 radical (unpaired) electrons. The van der Waals surface area contributed by atoms with E-state index in [1.165, 1.54) is 19.5 Å². The van der Waals surface area contributed by atoms with E-state index in [0.717, 1.165) is 42.3 Å². The van der Waals surface area contributed by atoms with Crippen LogP contribution in [0.5, 0.6) is 5.75 Å². The first kappa shape index (κ1) is 26.8. The van der Waals surface area contributed by atoms with Crippen molar-refractivity contribution in [2.75, 3.05) is 30.8 Å². The number of nitrogen functional groups attached to an aromatic ring is 1. The number of ether oxygens (including phenoxy) is 1. The summed E-state index contributed by atoms with van der Waals surface area (Å²) >= 11 is 0. The molecular weight excluding hydrogens is 539 g/mol. The number of hydrogen-bond donors (Lipinski definition) is 2. The van der Waals surface area contributed by atoms with E-state index in [1.54, 1.807) is 12.3 Å². The Balaban J connectivity index is 1.30. The lowest BCUT2D eigenvalue weighted by molar-refractivity contribution is 0.0996. The van der Waals surface area contributed by atoms with Crippen molar-refractivity contribution < 1.29 is 18.7 Å². The number of carbonyl (C=O) groups excluding carboxylic acids is 2. The highest BCUT2D eigenvalue weighted by molar-refractivity contribution is 5.98. The van der Waals surface area contributed by atoms with Crippen molar-refractivity contribution in [1.29, 1.82) is 0 Å². The zero-order chi connectivity index (χ0) is 29.4. The van der Waals surface area contributed by atoms with Gasteiger partial charge in [-0.2, -0.15) is 5.10 Å². The third-order valence-electron chi connectivity index (χ3n) is 7.48. The Kier molecular flexibility index (Phi) is 6.95. The molecule has 2 aromatic carbocycles. The van der Waals surface area contributed by atoms with Crippen molar-refractivity contribution in [2.24, 2.45) is 5.73 Å². The van der Waals surface area contributed by atoms with E-state index in [4.69, 9.17) is 21.3 Å². The van der Waals surface area contributed by atoms with Crippen molar-refractivity contribution in [3.63, 3.8) is 0 Å². The number of hydrogen-bond acceptors (Lipinski definition) is 9. The van der Waals surface area contributed by atoms with Crippen LogP contribution in [0.3, 0.4) is 0 Å². The minimum atomic E-state index is -0.761. The molecule has 0 spiro atoms. The zero-order valence-corrected chi connectivity index (χ0v) is 22.7. The van der Waals surface area contributed by atoms with Crippen LogP contribution >= 0.6 is 0 Å². The monoisotopic (exact) mass is 566 g/mol. The van der Waals surface area contributed by atoms with Gasteiger partial charge in [-0.15, -0.1) is 0 Å². The summed E-state index contributed by atoms with van der Waals surface area (Å²) in [4.78, 5) is 38.1. The van der Waals surface area contributed by atoms with Crippen LogP contribution in [0.15, 0.2) is 61.1 Å². The Morgan fingerprint density at radius 2 is 1.95 bits per heavy atom. The molecule has 4 N–H and O–H groups in total. The molecule has 3 aromatic heterocycles. The van der Waals surface area contributed by atoms with Crippen LogP contribution in [0.1, 0.15) is 44.3 Å². The number of fused-ring (bicyclic) bond motifs is 1. The molecule has 1 aliphatic rings. The number of halogens is 1. The number of carbonyl (C=O) groups is 2. The number of methoxy groups -OCH3 is 1. The molecule has 11 nitrogen and oxygen atoms in total. The van der Waals surface area contributed by atoms with E-state index in [9.17, 15) is 14.0 Å². The summed E-state index contributed by atoms with van der Waals surface area (Å²) in [5.41, 5.74) is 15.8. The highest BCUT2D eigenvalue weighted by atomic mass is 19.1. The van der Waals surface area contributed by atoms with Gasteiger partial charge in [-0.05, 0) is 36.2 Å². The summed E-state index contributed by atoms with van der Waals surface area (Å²) < 4.78 is 21.5. The maximum Gasteiger partial charge on any atom is 0.252 e. The number of aldehydes is 1. The summed E-state index contributed by atoms with van der Waals surface area (Å²) in [5, 5.41) is 5.62. The molecule has 1 aliphatic heterocycles. The van der Waals surface area contributed by atoms with Gasteiger partial charge in [-0.1, -0.05) is 24.3 Å². The van der Waals surface area contributed by atoms with E-state index in [1.807, 2.05) is 35.0 Å².